The highest BCUT2D eigenvalue weighted by atomic mass is 16.2. The predicted molar refractivity (Wildman–Crippen MR) is 69.4 cm³/mol. The van der Waals surface area contributed by atoms with Crippen molar-refractivity contribution < 1.29 is 4.79 Å². The van der Waals surface area contributed by atoms with Crippen molar-refractivity contribution in [3.8, 4) is 0 Å². The molecule has 0 fully saturated rings. The second kappa shape index (κ2) is 4.18. The van der Waals surface area contributed by atoms with E-state index in [1.807, 2.05) is 12.1 Å². The van der Waals surface area contributed by atoms with Crippen molar-refractivity contribution in [1.82, 2.24) is 10.2 Å². The number of rotatable bonds is 3. The summed E-state index contributed by atoms with van der Waals surface area (Å²) in [5, 5.41) is 12.6. The van der Waals surface area contributed by atoms with Gasteiger partial charge in [0.2, 0.25) is 0 Å². The molecule has 0 radical (unpaired) electrons. The molecule has 0 spiro atoms. The summed E-state index contributed by atoms with van der Waals surface area (Å²) in [5.74, 6) is -0.0283. The van der Waals surface area contributed by atoms with Crippen molar-refractivity contribution >= 4 is 17.3 Å². The molecule has 2 aromatic rings. The molecule has 5 nitrogen and oxygen atoms in total. The number of aromatic amines is 1. The van der Waals surface area contributed by atoms with Crippen LogP contribution in [-0.2, 0) is 11.2 Å². The summed E-state index contributed by atoms with van der Waals surface area (Å²) < 4.78 is 0. The number of nitrogens with one attached hydrogen (secondary N) is 3. The summed E-state index contributed by atoms with van der Waals surface area (Å²) in [7, 11) is 0. The van der Waals surface area contributed by atoms with Crippen molar-refractivity contribution in [3.63, 3.8) is 0 Å². The van der Waals surface area contributed by atoms with E-state index in [0.29, 0.717) is 0 Å². The highest BCUT2D eigenvalue weighted by Crippen LogP contribution is 2.33. The van der Waals surface area contributed by atoms with E-state index in [4.69, 9.17) is 0 Å². The molecular weight excluding hydrogens is 228 g/mol. The molecule has 1 aliphatic rings. The Balaban J connectivity index is 1.94. The first-order valence-electron chi connectivity index (χ1n) is 5.97. The summed E-state index contributed by atoms with van der Waals surface area (Å²) in [6, 6.07) is 5.73. The summed E-state index contributed by atoms with van der Waals surface area (Å²) in [5.41, 5.74) is 3.92. The van der Waals surface area contributed by atoms with Crippen molar-refractivity contribution in [1.29, 1.82) is 0 Å². The fourth-order valence-corrected chi connectivity index (χ4v) is 2.17. The summed E-state index contributed by atoms with van der Waals surface area (Å²) in [6.07, 6.45) is 4.35. The number of carbonyl (C=O) groups is 1. The van der Waals surface area contributed by atoms with Crippen molar-refractivity contribution in [2.75, 3.05) is 10.6 Å². The minimum absolute atomic E-state index is 0.0283. The molecule has 0 bridgehead atoms. The number of carbonyl (C=O) groups excluding carboxylic acids is 1. The second-order valence-corrected chi connectivity index (χ2v) is 4.33. The first-order valence-corrected chi connectivity index (χ1v) is 5.97. The molecule has 3 rings (SSSR count). The van der Waals surface area contributed by atoms with Crippen LogP contribution in [0.25, 0.3) is 0 Å². The van der Waals surface area contributed by atoms with Crippen LogP contribution in [0.3, 0.4) is 0 Å². The molecule has 1 aliphatic heterocycles. The molecule has 3 N–H and O–H groups in total. The number of benzene rings is 1. The Labute approximate surface area is 105 Å². The van der Waals surface area contributed by atoms with E-state index in [2.05, 4.69) is 33.8 Å². The number of H-pyrrole nitrogens is 1. The molecule has 0 saturated heterocycles. The maximum atomic E-state index is 12.0. The Bertz CT molecular complexity index is 577. The molecule has 1 aromatic heterocycles. The molecule has 92 valence electrons. The van der Waals surface area contributed by atoms with Gasteiger partial charge in [-0.15, -0.1) is 0 Å². The summed E-state index contributed by atoms with van der Waals surface area (Å²) in [4.78, 5) is 12.0. The van der Waals surface area contributed by atoms with E-state index >= 15 is 0 Å². The van der Waals surface area contributed by atoms with Crippen LogP contribution < -0.4 is 10.6 Å². The predicted octanol–water partition coefficient (Wildman–Crippen LogP) is 2.08. The fraction of sp³-hybridized carbons (Fsp3) is 0.231. The van der Waals surface area contributed by atoms with Crippen LogP contribution in [-0.4, -0.2) is 16.1 Å². The molecule has 1 unspecified atom stereocenters. The number of amides is 1. The van der Waals surface area contributed by atoms with Crippen LogP contribution in [0.15, 0.2) is 30.6 Å². The van der Waals surface area contributed by atoms with Crippen LogP contribution in [0.5, 0.6) is 0 Å². The average Bonchev–Trinajstić information content (AvgIpc) is 2.99. The number of anilines is 2. The Morgan fingerprint density at radius 2 is 2.33 bits per heavy atom. The molecule has 1 aromatic carbocycles. The van der Waals surface area contributed by atoms with Gasteiger partial charge in [0.05, 0.1) is 11.9 Å². The van der Waals surface area contributed by atoms with Gasteiger partial charge in [0.15, 0.2) is 0 Å². The number of hydrogen-bond acceptors (Lipinski definition) is 3. The van der Waals surface area contributed by atoms with Gasteiger partial charge in [0.1, 0.15) is 6.04 Å². The Morgan fingerprint density at radius 3 is 3.06 bits per heavy atom. The standard InChI is InChI=1S/C13H14N4O/c1-2-8-3-4-11-10(5-8)12(13(18)17-11)16-9-6-14-15-7-9/h3-7,12,16H,2H2,1H3,(H,14,15)(H,17,18). The van der Waals surface area contributed by atoms with E-state index in [9.17, 15) is 4.79 Å². The third kappa shape index (κ3) is 1.73. The Kier molecular flexibility index (Phi) is 2.51. The first kappa shape index (κ1) is 10.8. The lowest BCUT2D eigenvalue weighted by atomic mass is 10.0. The smallest absolute Gasteiger partial charge is 0.251 e. The maximum absolute atomic E-state index is 12.0. The quantitative estimate of drug-likeness (QED) is 0.771. The number of hydrogen-bond donors (Lipinski definition) is 3. The molecule has 2 heterocycles. The van der Waals surface area contributed by atoms with Crippen LogP contribution in [0, 0.1) is 0 Å². The van der Waals surface area contributed by atoms with Gasteiger partial charge in [-0.2, -0.15) is 5.10 Å². The topological polar surface area (TPSA) is 69.8 Å². The molecule has 1 amide bonds. The van der Waals surface area contributed by atoms with Crippen LogP contribution in [0.4, 0.5) is 11.4 Å². The van der Waals surface area contributed by atoms with Crippen molar-refractivity contribution in [2.45, 2.75) is 19.4 Å². The lowest BCUT2D eigenvalue weighted by Gasteiger charge is -2.11. The molecule has 1 atom stereocenters. The van der Waals surface area contributed by atoms with Gasteiger partial charge in [-0.1, -0.05) is 19.1 Å². The van der Waals surface area contributed by atoms with Crippen molar-refractivity contribution in [3.05, 3.63) is 41.7 Å². The molecule has 18 heavy (non-hydrogen) atoms. The molecule has 5 heteroatoms. The first-order chi connectivity index (χ1) is 8.78. The van der Waals surface area contributed by atoms with Gasteiger partial charge < -0.3 is 10.6 Å². The monoisotopic (exact) mass is 242 g/mol. The number of aryl methyl sites for hydroxylation is 1. The van der Waals surface area contributed by atoms with Crippen molar-refractivity contribution in [2.24, 2.45) is 0 Å². The average molecular weight is 242 g/mol. The third-order valence-electron chi connectivity index (χ3n) is 3.16. The highest BCUT2D eigenvalue weighted by molar-refractivity contribution is 6.04. The Hall–Kier alpha value is -2.30. The largest absolute Gasteiger partial charge is 0.367 e. The third-order valence-corrected chi connectivity index (χ3v) is 3.16. The van der Waals surface area contributed by atoms with Crippen LogP contribution in [0.2, 0.25) is 0 Å². The van der Waals surface area contributed by atoms with Crippen LogP contribution >= 0.6 is 0 Å². The van der Waals surface area contributed by atoms with Gasteiger partial charge in [0, 0.05) is 17.4 Å². The number of nitrogens with zero attached hydrogens (tertiary/aromatic N) is 1. The zero-order chi connectivity index (χ0) is 12.5. The highest BCUT2D eigenvalue weighted by Gasteiger charge is 2.30. The van der Waals surface area contributed by atoms with Gasteiger partial charge in [-0.3, -0.25) is 9.89 Å². The van der Waals surface area contributed by atoms with E-state index in [0.717, 1.165) is 23.4 Å². The lowest BCUT2D eigenvalue weighted by Crippen LogP contribution is -2.19. The normalized spacial score (nSPS) is 17.4. The number of fused-ring (bicyclic) bond motifs is 1. The summed E-state index contributed by atoms with van der Waals surface area (Å²) >= 11 is 0. The minimum atomic E-state index is -0.343. The fourth-order valence-electron chi connectivity index (χ4n) is 2.17. The molecule has 0 saturated carbocycles. The Morgan fingerprint density at radius 1 is 1.44 bits per heavy atom. The zero-order valence-electron chi connectivity index (χ0n) is 10.0. The summed E-state index contributed by atoms with van der Waals surface area (Å²) in [6.45, 7) is 2.10. The SMILES string of the molecule is CCc1ccc2c(c1)C(Nc1cn[nH]c1)C(=O)N2. The van der Waals surface area contributed by atoms with E-state index in [1.54, 1.807) is 12.4 Å². The van der Waals surface area contributed by atoms with E-state index < -0.39 is 0 Å². The van der Waals surface area contributed by atoms with E-state index in [1.165, 1.54) is 5.56 Å². The van der Waals surface area contributed by atoms with Gasteiger partial charge in [-0.05, 0) is 18.1 Å². The molecule has 0 aliphatic carbocycles. The van der Waals surface area contributed by atoms with Gasteiger partial charge in [0.25, 0.3) is 5.91 Å². The van der Waals surface area contributed by atoms with Crippen LogP contribution in [0.1, 0.15) is 24.1 Å². The number of aromatic nitrogens is 2. The van der Waals surface area contributed by atoms with Gasteiger partial charge >= 0.3 is 0 Å². The minimum Gasteiger partial charge on any atom is -0.367 e. The second-order valence-electron chi connectivity index (χ2n) is 4.33. The van der Waals surface area contributed by atoms with E-state index in [-0.39, 0.29) is 11.9 Å². The van der Waals surface area contributed by atoms with Gasteiger partial charge in [-0.25, -0.2) is 0 Å². The maximum Gasteiger partial charge on any atom is 0.251 e. The lowest BCUT2D eigenvalue weighted by molar-refractivity contribution is -0.116. The molecular formula is C13H14N4O. The zero-order valence-corrected chi connectivity index (χ0v) is 10.0.